The van der Waals surface area contributed by atoms with E-state index in [0.717, 1.165) is 67.8 Å². The molecule has 5 nitrogen and oxygen atoms in total. The van der Waals surface area contributed by atoms with Gasteiger partial charge in [-0.15, -0.1) is 0 Å². The second-order valence-electron chi connectivity index (χ2n) is 8.37. The third kappa shape index (κ3) is 3.49. The molecule has 3 aromatic rings. The smallest absolute Gasteiger partial charge is 0.272 e. The molecule has 5 heteroatoms. The number of carbonyl (C=O) groups is 1. The van der Waals surface area contributed by atoms with Gasteiger partial charge < -0.3 is 9.64 Å². The number of hydrogen-bond acceptors (Lipinski definition) is 3. The van der Waals surface area contributed by atoms with E-state index in [9.17, 15) is 4.79 Å². The summed E-state index contributed by atoms with van der Waals surface area (Å²) in [7, 11) is 1.68. The Morgan fingerprint density at radius 1 is 1.13 bits per heavy atom. The minimum absolute atomic E-state index is 0.0962. The number of rotatable bonds is 4. The Kier molecular flexibility index (Phi) is 5.03. The van der Waals surface area contributed by atoms with Gasteiger partial charge in [0.1, 0.15) is 11.4 Å². The fourth-order valence-corrected chi connectivity index (χ4v) is 4.85. The molecule has 2 heterocycles. The Labute approximate surface area is 177 Å². The molecular weight excluding hydrogens is 374 g/mol. The molecule has 154 valence electrons. The Morgan fingerprint density at radius 3 is 2.70 bits per heavy atom. The third-order valence-electron chi connectivity index (χ3n) is 6.56. The Balaban J connectivity index is 1.28. The number of nitrogens with zero attached hydrogens (tertiary/aromatic N) is 2. The van der Waals surface area contributed by atoms with Crippen LogP contribution >= 0.6 is 0 Å². The molecule has 1 aromatic heterocycles. The van der Waals surface area contributed by atoms with Gasteiger partial charge in [0.05, 0.1) is 12.8 Å². The third-order valence-corrected chi connectivity index (χ3v) is 6.56. The van der Waals surface area contributed by atoms with Crippen molar-refractivity contribution in [1.29, 1.82) is 0 Å². The van der Waals surface area contributed by atoms with Crippen molar-refractivity contribution in [3.63, 3.8) is 0 Å². The first-order valence-corrected chi connectivity index (χ1v) is 10.8. The average Bonchev–Trinajstić information content (AvgIpc) is 3.24. The van der Waals surface area contributed by atoms with E-state index in [1.54, 1.807) is 7.11 Å². The second-order valence-corrected chi connectivity index (χ2v) is 8.37. The lowest BCUT2D eigenvalue weighted by Gasteiger charge is -2.32. The fraction of sp³-hybridized carbons (Fsp3) is 0.360. The minimum atomic E-state index is 0.0962. The zero-order chi connectivity index (χ0) is 20.5. The molecule has 0 saturated carbocycles. The van der Waals surface area contributed by atoms with Crippen LogP contribution in [0.3, 0.4) is 0 Å². The lowest BCUT2D eigenvalue weighted by Crippen LogP contribution is -2.39. The predicted octanol–water partition coefficient (Wildman–Crippen LogP) is 4.28. The van der Waals surface area contributed by atoms with Crippen LogP contribution < -0.4 is 4.74 Å². The first kappa shape index (κ1) is 18.9. The maximum absolute atomic E-state index is 13.2. The Bertz CT molecular complexity index is 1050. The number of benzene rings is 2. The van der Waals surface area contributed by atoms with E-state index >= 15 is 0 Å². The van der Waals surface area contributed by atoms with Crippen LogP contribution in [0.2, 0.25) is 0 Å². The summed E-state index contributed by atoms with van der Waals surface area (Å²) in [5.74, 6) is 1.61. The molecule has 1 fully saturated rings. The summed E-state index contributed by atoms with van der Waals surface area (Å²) in [4.78, 5) is 15.2. The Morgan fingerprint density at radius 2 is 1.93 bits per heavy atom. The topological polar surface area (TPSA) is 58.2 Å². The summed E-state index contributed by atoms with van der Waals surface area (Å²) in [6.07, 6.45) is 4.94. The number of nitrogens with one attached hydrogen (secondary N) is 1. The normalized spacial score (nSPS) is 16.1. The van der Waals surface area contributed by atoms with E-state index in [1.165, 1.54) is 11.1 Å². The molecule has 0 spiro atoms. The molecular formula is C25H27N3O2. The maximum atomic E-state index is 13.2. The standard InChI is InChI=1S/C25H27N3O2/c1-30-20-8-10-21-19(16-20)7-9-22-23(21)26-27-24(22)25(29)28-13-11-18(12-14-28)15-17-5-3-2-4-6-17/h2-6,8,10,16,18H,7,9,11-15H2,1H3,(H,26,27). The van der Waals surface area contributed by atoms with Crippen LogP contribution in [-0.2, 0) is 19.3 Å². The van der Waals surface area contributed by atoms with Crippen LogP contribution in [0.1, 0.15) is 40.0 Å². The molecule has 5 rings (SSSR count). The zero-order valence-electron chi connectivity index (χ0n) is 17.4. The number of aryl methyl sites for hydroxylation is 1. The highest BCUT2D eigenvalue weighted by molar-refractivity contribution is 5.96. The first-order chi connectivity index (χ1) is 14.7. The summed E-state index contributed by atoms with van der Waals surface area (Å²) < 4.78 is 5.35. The molecule has 30 heavy (non-hydrogen) atoms. The minimum Gasteiger partial charge on any atom is -0.497 e. The highest BCUT2D eigenvalue weighted by Gasteiger charge is 2.30. The van der Waals surface area contributed by atoms with Crippen LogP contribution in [0.15, 0.2) is 48.5 Å². The zero-order valence-corrected chi connectivity index (χ0v) is 17.4. The van der Waals surface area contributed by atoms with E-state index in [2.05, 4.69) is 52.7 Å². The highest BCUT2D eigenvalue weighted by atomic mass is 16.5. The monoisotopic (exact) mass is 401 g/mol. The summed E-state index contributed by atoms with van der Waals surface area (Å²) in [6.45, 7) is 1.63. The average molecular weight is 402 g/mol. The number of aromatic nitrogens is 2. The van der Waals surface area contributed by atoms with Gasteiger partial charge in [0.2, 0.25) is 0 Å². The van der Waals surface area contributed by atoms with Gasteiger partial charge in [0, 0.05) is 24.2 Å². The van der Waals surface area contributed by atoms with E-state index in [0.29, 0.717) is 11.6 Å². The van der Waals surface area contributed by atoms with Gasteiger partial charge in [-0.1, -0.05) is 30.3 Å². The summed E-state index contributed by atoms with van der Waals surface area (Å²) in [5.41, 5.74) is 6.38. The molecule has 0 atom stereocenters. The van der Waals surface area contributed by atoms with Crippen molar-refractivity contribution in [2.24, 2.45) is 5.92 Å². The largest absolute Gasteiger partial charge is 0.497 e. The molecule has 1 amide bonds. The van der Waals surface area contributed by atoms with E-state index in [1.807, 2.05) is 11.0 Å². The number of hydrogen-bond donors (Lipinski definition) is 1. The van der Waals surface area contributed by atoms with Crippen LogP contribution in [0.25, 0.3) is 11.3 Å². The predicted molar refractivity (Wildman–Crippen MR) is 117 cm³/mol. The SMILES string of the molecule is COc1ccc2c(c1)CCc1c-2n[nH]c1C(=O)N1CCC(Cc2ccccc2)CC1. The molecule has 0 radical (unpaired) electrons. The summed E-state index contributed by atoms with van der Waals surface area (Å²) in [5, 5.41) is 7.59. The number of aromatic amines is 1. The lowest BCUT2D eigenvalue weighted by atomic mass is 9.88. The number of amides is 1. The van der Waals surface area contributed by atoms with Crippen molar-refractivity contribution in [1.82, 2.24) is 15.1 Å². The van der Waals surface area contributed by atoms with Crippen molar-refractivity contribution >= 4 is 5.91 Å². The quantitative estimate of drug-likeness (QED) is 0.710. The number of piperidine rings is 1. The van der Waals surface area contributed by atoms with Crippen molar-refractivity contribution in [3.05, 3.63) is 70.9 Å². The van der Waals surface area contributed by atoms with Crippen LogP contribution in [-0.4, -0.2) is 41.2 Å². The van der Waals surface area contributed by atoms with Gasteiger partial charge in [-0.2, -0.15) is 5.10 Å². The van der Waals surface area contributed by atoms with Gasteiger partial charge in [0.25, 0.3) is 5.91 Å². The molecule has 2 aromatic carbocycles. The van der Waals surface area contributed by atoms with Gasteiger partial charge in [-0.25, -0.2) is 0 Å². The number of carbonyl (C=O) groups excluding carboxylic acids is 1. The first-order valence-electron chi connectivity index (χ1n) is 10.8. The molecule has 2 aliphatic rings. The second kappa shape index (κ2) is 7.98. The van der Waals surface area contributed by atoms with E-state index in [-0.39, 0.29) is 5.91 Å². The number of ether oxygens (including phenoxy) is 1. The van der Waals surface area contributed by atoms with Gasteiger partial charge in [-0.3, -0.25) is 9.89 Å². The molecule has 1 aliphatic heterocycles. The molecule has 1 saturated heterocycles. The maximum Gasteiger partial charge on any atom is 0.272 e. The molecule has 1 N–H and O–H groups in total. The fourth-order valence-electron chi connectivity index (χ4n) is 4.85. The number of likely N-dealkylation sites (tertiary alicyclic amines) is 1. The van der Waals surface area contributed by atoms with E-state index in [4.69, 9.17) is 4.74 Å². The van der Waals surface area contributed by atoms with Gasteiger partial charge >= 0.3 is 0 Å². The molecule has 1 aliphatic carbocycles. The van der Waals surface area contributed by atoms with Gasteiger partial charge in [-0.05, 0) is 67.3 Å². The summed E-state index contributed by atoms with van der Waals surface area (Å²) in [6, 6.07) is 16.7. The Hall–Kier alpha value is -3.08. The molecule has 0 unspecified atom stereocenters. The highest BCUT2D eigenvalue weighted by Crippen LogP contribution is 2.36. The number of fused-ring (bicyclic) bond motifs is 3. The molecule has 0 bridgehead atoms. The van der Waals surface area contributed by atoms with Crippen LogP contribution in [0.5, 0.6) is 5.75 Å². The number of methoxy groups -OCH3 is 1. The van der Waals surface area contributed by atoms with Crippen molar-refractivity contribution in [3.8, 4) is 17.0 Å². The van der Waals surface area contributed by atoms with Gasteiger partial charge in [0.15, 0.2) is 0 Å². The van der Waals surface area contributed by atoms with E-state index < -0.39 is 0 Å². The number of H-pyrrole nitrogens is 1. The lowest BCUT2D eigenvalue weighted by molar-refractivity contribution is 0.0683. The van der Waals surface area contributed by atoms with Crippen molar-refractivity contribution in [2.75, 3.05) is 20.2 Å². The van der Waals surface area contributed by atoms with Crippen LogP contribution in [0, 0.1) is 5.92 Å². The van der Waals surface area contributed by atoms with Crippen molar-refractivity contribution < 1.29 is 9.53 Å². The van der Waals surface area contributed by atoms with Crippen LogP contribution in [0.4, 0.5) is 0 Å². The summed E-state index contributed by atoms with van der Waals surface area (Å²) >= 11 is 0. The van der Waals surface area contributed by atoms with Crippen molar-refractivity contribution in [2.45, 2.75) is 32.1 Å².